The van der Waals surface area contributed by atoms with E-state index in [9.17, 15) is 4.79 Å². The zero-order valence-corrected chi connectivity index (χ0v) is 17.9. The van der Waals surface area contributed by atoms with Crippen molar-refractivity contribution < 1.29 is 4.79 Å². The minimum atomic E-state index is -0.216. The van der Waals surface area contributed by atoms with Gasteiger partial charge in [0.15, 0.2) is 11.5 Å². The van der Waals surface area contributed by atoms with Gasteiger partial charge in [-0.25, -0.2) is 0 Å². The molecule has 1 aliphatic rings. The van der Waals surface area contributed by atoms with Crippen molar-refractivity contribution in [2.75, 3.05) is 18.0 Å². The third kappa shape index (κ3) is 4.89. The Bertz CT molecular complexity index is 1010. The highest BCUT2D eigenvalue weighted by Crippen LogP contribution is 2.24. The van der Waals surface area contributed by atoms with Crippen LogP contribution in [0.4, 0.5) is 5.82 Å². The van der Waals surface area contributed by atoms with Crippen molar-refractivity contribution in [1.82, 2.24) is 20.1 Å². The van der Waals surface area contributed by atoms with Crippen LogP contribution in [0.2, 0.25) is 10.0 Å². The summed E-state index contributed by atoms with van der Waals surface area (Å²) < 4.78 is 0. The Hall–Kier alpha value is -2.70. The van der Waals surface area contributed by atoms with E-state index >= 15 is 0 Å². The molecule has 0 bridgehead atoms. The summed E-state index contributed by atoms with van der Waals surface area (Å²) in [6.07, 6.45) is 4.02. The molecule has 3 heterocycles. The van der Waals surface area contributed by atoms with Crippen molar-refractivity contribution in [3.63, 3.8) is 0 Å². The molecular weight excluding hydrogens is 421 g/mol. The molecule has 8 heteroatoms. The van der Waals surface area contributed by atoms with Gasteiger partial charge in [0.25, 0.3) is 5.91 Å². The second-order valence-corrected chi connectivity index (χ2v) is 8.02. The molecule has 0 radical (unpaired) electrons. The zero-order chi connectivity index (χ0) is 20.9. The number of anilines is 1. The number of nitrogens with zero attached hydrogens (tertiary/aromatic N) is 5. The van der Waals surface area contributed by atoms with Crippen LogP contribution in [-0.4, -0.2) is 39.1 Å². The molecule has 4 rings (SSSR count). The van der Waals surface area contributed by atoms with Crippen molar-refractivity contribution in [1.29, 1.82) is 0 Å². The lowest BCUT2D eigenvalue weighted by atomic mass is 10.2. The molecule has 1 amide bonds. The third-order valence-corrected chi connectivity index (χ3v) is 5.76. The molecule has 0 saturated carbocycles. The van der Waals surface area contributed by atoms with E-state index in [0.29, 0.717) is 28.8 Å². The van der Waals surface area contributed by atoms with Crippen molar-refractivity contribution in [2.24, 2.45) is 0 Å². The molecule has 1 saturated heterocycles. The highest BCUT2D eigenvalue weighted by molar-refractivity contribution is 6.42. The van der Waals surface area contributed by atoms with Gasteiger partial charge in [-0.1, -0.05) is 35.3 Å². The van der Waals surface area contributed by atoms with Gasteiger partial charge in [-0.3, -0.25) is 9.78 Å². The summed E-state index contributed by atoms with van der Waals surface area (Å²) in [6.45, 7) is 2.65. The smallest absolute Gasteiger partial charge is 0.275 e. The van der Waals surface area contributed by atoms with Crippen LogP contribution in [0.5, 0.6) is 0 Å². The number of carbonyl (C=O) groups is 1. The standard InChI is InChI=1S/C22H21Cl2N5O/c23-18-7-6-16(13-19(18)24)14-29(15-17-5-1-2-10-25-17)22(30)20-8-9-21(27-26-20)28-11-3-4-12-28/h1-2,5-10,13H,3-4,11-12,14-15H2. The highest BCUT2D eigenvalue weighted by Gasteiger charge is 2.21. The van der Waals surface area contributed by atoms with E-state index in [1.165, 1.54) is 0 Å². The molecular formula is C22H21Cl2N5O. The zero-order valence-electron chi connectivity index (χ0n) is 16.3. The Morgan fingerprint density at radius 3 is 2.47 bits per heavy atom. The number of aromatic nitrogens is 3. The number of hydrogen-bond donors (Lipinski definition) is 0. The first-order valence-electron chi connectivity index (χ1n) is 9.82. The molecule has 0 aliphatic carbocycles. The van der Waals surface area contributed by atoms with Gasteiger partial charge in [-0.2, -0.15) is 0 Å². The second kappa shape index (κ2) is 9.41. The number of halogens is 2. The fraction of sp³-hybridized carbons (Fsp3) is 0.273. The molecule has 30 heavy (non-hydrogen) atoms. The Kier molecular flexibility index (Phi) is 6.45. The molecule has 0 atom stereocenters. The lowest BCUT2D eigenvalue weighted by Crippen LogP contribution is -2.31. The van der Waals surface area contributed by atoms with Crippen molar-refractivity contribution in [2.45, 2.75) is 25.9 Å². The van der Waals surface area contributed by atoms with Crippen LogP contribution in [0, 0.1) is 0 Å². The van der Waals surface area contributed by atoms with Gasteiger partial charge in [0.2, 0.25) is 0 Å². The van der Waals surface area contributed by atoms with Gasteiger partial charge in [0, 0.05) is 25.8 Å². The van der Waals surface area contributed by atoms with Crippen LogP contribution in [0.3, 0.4) is 0 Å². The summed E-state index contributed by atoms with van der Waals surface area (Å²) in [5.41, 5.74) is 1.96. The van der Waals surface area contributed by atoms with Crippen molar-refractivity contribution in [3.05, 3.63) is 81.7 Å². The summed E-state index contributed by atoms with van der Waals surface area (Å²) in [5.74, 6) is 0.594. The molecule has 1 aliphatic heterocycles. The predicted molar refractivity (Wildman–Crippen MR) is 118 cm³/mol. The van der Waals surface area contributed by atoms with Gasteiger partial charge in [-0.05, 0) is 54.8 Å². The fourth-order valence-corrected chi connectivity index (χ4v) is 3.78. The Labute approximate surface area is 185 Å². The molecule has 6 nitrogen and oxygen atoms in total. The maximum Gasteiger partial charge on any atom is 0.275 e. The number of carbonyl (C=O) groups excluding carboxylic acids is 1. The van der Waals surface area contributed by atoms with Crippen LogP contribution in [-0.2, 0) is 13.1 Å². The summed E-state index contributed by atoms with van der Waals surface area (Å²) >= 11 is 12.2. The first kappa shape index (κ1) is 20.6. The molecule has 0 N–H and O–H groups in total. The second-order valence-electron chi connectivity index (χ2n) is 7.20. The Morgan fingerprint density at radius 2 is 1.80 bits per heavy atom. The van der Waals surface area contributed by atoms with E-state index in [4.69, 9.17) is 23.2 Å². The van der Waals surface area contributed by atoms with Crippen molar-refractivity contribution in [3.8, 4) is 0 Å². The minimum Gasteiger partial charge on any atom is -0.355 e. The molecule has 1 aromatic carbocycles. The molecule has 1 fully saturated rings. The predicted octanol–water partition coefficient (Wildman–Crippen LogP) is 4.62. The van der Waals surface area contributed by atoms with E-state index in [-0.39, 0.29) is 5.91 Å². The van der Waals surface area contributed by atoms with E-state index < -0.39 is 0 Å². The number of amides is 1. The first-order valence-corrected chi connectivity index (χ1v) is 10.6. The summed E-state index contributed by atoms with van der Waals surface area (Å²) in [7, 11) is 0. The molecule has 0 unspecified atom stereocenters. The monoisotopic (exact) mass is 441 g/mol. The quantitative estimate of drug-likeness (QED) is 0.558. The lowest BCUT2D eigenvalue weighted by Gasteiger charge is -2.23. The van der Waals surface area contributed by atoms with E-state index in [1.807, 2.05) is 30.3 Å². The van der Waals surface area contributed by atoms with Crippen LogP contribution in [0.25, 0.3) is 0 Å². The largest absolute Gasteiger partial charge is 0.355 e. The van der Waals surface area contributed by atoms with E-state index in [0.717, 1.165) is 43.0 Å². The summed E-state index contributed by atoms with van der Waals surface area (Å²) in [5, 5.41) is 9.42. The van der Waals surface area contributed by atoms with Crippen LogP contribution >= 0.6 is 23.2 Å². The first-order chi connectivity index (χ1) is 14.6. The van der Waals surface area contributed by atoms with Crippen molar-refractivity contribution >= 4 is 34.9 Å². The normalized spacial score (nSPS) is 13.5. The van der Waals surface area contributed by atoms with Gasteiger partial charge < -0.3 is 9.80 Å². The Morgan fingerprint density at radius 1 is 0.967 bits per heavy atom. The molecule has 154 valence electrons. The number of hydrogen-bond acceptors (Lipinski definition) is 5. The van der Waals surface area contributed by atoms with Gasteiger partial charge >= 0.3 is 0 Å². The van der Waals surface area contributed by atoms with Gasteiger partial charge in [0.05, 0.1) is 22.3 Å². The van der Waals surface area contributed by atoms with E-state index in [1.54, 1.807) is 29.3 Å². The van der Waals surface area contributed by atoms with Crippen LogP contribution < -0.4 is 4.90 Å². The maximum absolute atomic E-state index is 13.3. The fourth-order valence-electron chi connectivity index (χ4n) is 3.46. The topological polar surface area (TPSA) is 62.2 Å². The van der Waals surface area contributed by atoms with E-state index in [2.05, 4.69) is 20.1 Å². The molecule has 3 aromatic rings. The maximum atomic E-state index is 13.3. The van der Waals surface area contributed by atoms with Crippen LogP contribution in [0.1, 0.15) is 34.6 Å². The highest BCUT2D eigenvalue weighted by atomic mass is 35.5. The molecule has 0 spiro atoms. The van der Waals surface area contributed by atoms with Gasteiger partial charge in [0.1, 0.15) is 0 Å². The van der Waals surface area contributed by atoms with Crippen LogP contribution in [0.15, 0.2) is 54.7 Å². The number of pyridine rings is 1. The average Bonchev–Trinajstić information content (AvgIpc) is 3.31. The number of benzene rings is 1. The lowest BCUT2D eigenvalue weighted by molar-refractivity contribution is 0.0720. The Balaban J connectivity index is 1.57. The minimum absolute atomic E-state index is 0.216. The average molecular weight is 442 g/mol. The third-order valence-electron chi connectivity index (χ3n) is 5.02. The summed E-state index contributed by atoms with van der Waals surface area (Å²) in [4.78, 5) is 21.5. The SMILES string of the molecule is O=C(c1ccc(N2CCCC2)nn1)N(Cc1ccc(Cl)c(Cl)c1)Cc1ccccn1. The van der Waals surface area contributed by atoms with Gasteiger partial charge in [-0.15, -0.1) is 10.2 Å². The number of rotatable bonds is 6. The summed E-state index contributed by atoms with van der Waals surface area (Å²) in [6, 6.07) is 14.6. The molecule has 2 aromatic heterocycles.